The maximum atomic E-state index is 13.6. The Bertz CT molecular complexity index is 1070. The molecule has 2 aliphatic rings. The predicted molar refractivity (Wildman–Crippen MR) is 115 cm³/mol. The van der Waals surface area contributed by atoms with Crippen LogP contribution in [0.5, 0.6) is 0 Å². The van der Waals surface area contributed by atoms with E-state index in [0.717, 1.165) is 36.3 Å². The molecule has 0 N–H and O–H groups in total. The van der Waals surface area contributed by atoms with E-state index in [0.29, 0.717) is 25.1 Å². The molecule has 1 fully saturated rings. The summed E-state index contributed by atoms with van der Waals surface area (Å²) in [4.78, 5) is 29.4. The highest BCUT2D eigenvalue weighted by Crippen LogP contribution is 2.33. The highest BCUT2D eigenvalue weighted by molar-refractivity contribution is 5.95. The van der Waals surface area contributed by atoms with Crippen LogP contribution in [0.3, 0.4) is 0 Å². The molecule has 3 heterocycles. The highest BCUT2D eigenvalue weighted by atomic mass is 16.2. The number of benzene rings is 2. The van der Waals surface area contributed by atoms with Gasteiger partial charge in [-0.15, -0.1) is 0 Å². The first-order valence-corrected chi connectivity index (χ1v) is 10.6. The Kier molecular flexibility index (Phi) is 4.87. The molecule has 1 unspecified atom stereocenters. The summed E-state index contributed by atoms with van der Waals surface area (Å²) in [5.41, 5.74) is 3.94. The van der Waals surface area contributed by atoms with E-state index in [1.807, 2.05) is 58.3 Å². The van der Waals surface area contributed by atoms with Gasteiger partial charge >= 0.3 is 0 Å². The lowest BCUT2D eigenvalue weighted by Crippen LogP contribution is -2.42. The fourth-order valence-corrected chi connectivity index (χ4v) is 4.65. The van der Waals surface area contributed by atoms with Crippen LogP contribution in [0.1, 0.15) is 46.1 Å². The second-order valence-electron chi connectivity index (χ2n) is 8.06. The number of rotatable bonds is 4. The van der Waals surface area contributed by atoms with Crippen molar-refractivity contribution in [2.75, 3.05) is 13.1 Å². The summed E-state index contributed by atoms with van der Waals surface area (Å²) >= 11 is 0. The van der Waals surface area contributed by atoms with Crippen molar-refractivity contribution in [3.8, 4) is 0 Å². The predicted octanol–water partition coefficient (Wildman–Crippen LogP) is 3.86. The number of carbonyl (C=O) groups is 2. The van der Waals surface area contributed by atoms with Gasteiger partial charge < -0.3 is 14.4 Å². The van der Waals surface area contributed by atoms with Crippen LogP contribution < -0.4 is 0 Å². The summed E-state index contributed by atoms with van der Waals surface area (Å²) in [5, 5.41) is 0. The second-order valence-corrected chi connectivity index (χ2v) is 8.06. The van der Waals surface area contributed by atoms with Crippen molar-refractivity contribution in [3.63, 3.8) is 0 Å². The summed E-state index contributed by atoms with van der Waals surface area (Å²) < 4.78 is 2.23. The molecule has 2 aliphatic heterocycles. The number of carbonyl (C=O) groups excluding carboxylic acids is 2. The summed E-state index contributed by atoms with van der Waals surface area (Å²) in [6.07, 6.45) is 3.63. The zero-order valence-electron chi connectivity index (χ0n) is 16.9. The van der Waals surface area contributed by atoms with E-state index >= 15 is 0 Å². The van der Waals surface area contributed by atoms with Crippen molar-refractivity contribution in [3.05, 3.63) is 95.3 Å². The van der Waals surface area contributed by atoms with Gasteiger partial charge in [-0.25, -0.2) is 0 Å². The Morgan fingerprint density at radius 2 is 1.80 bits per heavy atom. The Labute approximate surface area is 176 Å². The SMILES string of the molecule is O=C1CCCN1Cc1cccc(C(=O)N2CCn3cccc3C2c2ccccc2)c1. The van der Waals surface area contributed by atoms with Crippen molar-refractivity contribution in [1.82, 2.24) is 14.4 Å². The molecule has 1 aromatic heterocycles. The highest BCUT2D eigenvalue weighted by Gasteiger charge is 2.32. The van der Waals surface area contributed by atoms with E-state index in [9.17, 15) is 9.59 Å². The van der Waals surface area contributed by atoms with E-state index in [2.05, 4.69) is 29.0 Å². The Morgan fingerprint density at radius 1 is 0.933 bits per heavy atom. The van der Waals surface area contributed by atoms with E-state index < -0.39 is 0 Å². The van der Waals surface area contributed by atoms with Crippen LogP contribution in [0.4, 0.5) is 0 Å². The molecule has 0 spiro atoms. The third-order valence-electron chi connectivity index (χ3n) is 6.13. The van der Waals surface area contributed by atoms with Gasteiger partial charge in [0.25, 0.3) is 5.91 Å². The summed E-state index contributed by atoms with van der Waals surface area (Å²) in [6.45, 7) is 2.83. The van der Waals surface area contributed by atoms with Gasteiger partial charge in [-0.1, -0.05) is 42.5 Å². The standard InChI is InChI=1S/C25H25N3O2/c29-23-12-6-14-27(23)18-19-7-4-10-21(17-19)25(30)28-16-15-26-13-5-11-22(26)24(28)20-8-2-1-3-9-20/h1-5,7-11,13,17,24H,6,12,14-16,18H2. The molecule has 0 aliphatic carbocycles. The molecule has 5 rings (SSSR count). The number of aromatic nitrogens is 1. The molecule has 152 valence electrons. The molecule has 1 saturated heterocycles. The fraction of sp³-hybridized carbons (Fsp3) is 0.280. The largest absolute Gasteiger partial charge is 0.348 e. The van der Waals surface area contributed by atoms with E-state index in [4.69, 9.17) is 0 Å². The molecule has 1 atom stereocenters. The average Bonchev–Trinajstić information content (AvgIpc) is 3.42. The molecule has 0 saturated carbocycles. The van der Waals surface area contributed by atoms with Crippen LogP contribution in [0.2, 0.25) is 0 Å². The summed E-state index contributed by atoms with van der Waals surface area (Å²) in [5.74, 6) is 0.235. The van der Waals surface area contributed by atoms with Gasteiger partial charge in [0.1, 0.15) is 0 Å². The summed E-state index contributed by atoms with van der Waals surface area (Å²) in [7, 11) is 0. The lowest BCUT2D eigenvalue weighted by molar-refractivity contribution is -0.128. The third-order valence-corrected chi connectivity index (χ3v) is 6.13. The lowest BCUT2D eigenvalue weighted by Gasteiger charge is -2.37. The van der Waals surface area contributed by atoms with Crippen molar-refractivity contribution in [2.24, 2.45) is 0 Å². The second kappa shape index (κ2) is 7.82. The topological polar surface area (TPSA) is 45.6 Å². The smallest absolute Gasteiger partial charge is 0.254 e. The molecule has 2 amide bonds. The normalized spacial score (nSPS) is 18.5. The quantitative estimate of drug-likeness (QED) is 0.669. The molecular formula is C25H25N3O2. The first-order chi connectivity index (χ1) is 14.7. The third kappa shape index (κ3) is 3.41. The first kappa shape index (κ1) is 18.7. The van der Waals surface area contributed by atoms with Crippen LogP contribution in [0.15, 0.2) is 72.9 Å². The van der Waals surface area contributed by atoms with Crippen molar-refractivity contribution in [2.45, 2.75) is 32.0 Å². The fourth-order valence-electron chi connectivity index (χ4n) is 4.65. The minimum absolute atomic E-state index is 0.0332. The van der Waals surface area contributed by atoms with Crippen molar-refractivity contribution < 1.29 is 9.59 Å². The molecule has 2 aromatic carbocycles. The number of likely N-dealkylation sites (tertiary alicyclic amines) is 1. The minimum atomic E-state index is -0.105. The Hall–Kier alpha value is -3.34. The Balaban J connectivity index is 1.45. The Morgan fingerprint density at radius 3 is 2.60 bits per heavy atom. The zero-order valence-corrected chi connectivity index (χ0v) is 16.9. The van der Waals surface area contributed by atoms with Crippen LogP contribution in [-0.4, -0.2) is 39.3 Å². The molecular weight excluding hydrogens is 374 g/mol. The number of hydrogen-bond donors (Lipinski definition) is 0. The summed E-state index contributed by atoms with van der Waals surface area (Å²) in [6, 6.07) is 22.0. The van der Waals surface area contributed by atoms with Crippen LogP contribution in [0.25, 0.3) is 0 Å². The lowest BCUT2D eigenvalue weighted by atomic mass is 9.98. The maximum Gasteiger partial charge on any atom is 0.254 e. The van der Waals surface area contributed by atoms with Gasteiger partial charge in [0.2, 0.25) is 5.91 Å². The van der Waals surface area contributed by atoms with Crippen LogP contribution in [-0.2, 0) is 17.9 Å². The maximum absolute atomic E-state index is 13.6. The van der Waals surface area contributed by atoms with Crippen LogP contribution >= 0.6 is 0 Å². The van der Waals surface area contributed by atoms with Crippen LogP contribution in [0, 0.1) is 0 Å². The molecule has 0 radical (unpaired) electrons. The molecule has 3 aromatic rings. The van der Waals surface area contributed by atoms with Gasteiger partial charge in [-0.3, -0.25) is 9.59 Å². The first-order valence-electron chi connectivity index (χ1n) is 10.6. The molecule has 30 heavy (non-hydrogen) atoms. The van der Waals surface area contributed by atoms with E-state index in [-0.39, 0.29) is 17.9 Å². The monoisotopic (exact) mass is 399 g/mol. The number of fused-ring (bicyclic) bond motifs is 1. The molecule has 5 heteroatoms. The van der Waals surface area contributed by atoms with E-state index in [1.54, 1.807) is 0 Å². The number of nitrogens with zero attached hydrogens (tertiary/aromatic N) is 3. The van der Waals surface area contributed by atoms with Gasteiger partial charge in [-0.2, -0.15) is 0 Å². The van der Waals surface area contributed by atoms with Gasteiger partial charge in [0.15, 0.2) is 0 Å². The van der Waals surface area contributed by atoms with Crippen molar-refractivity contribution >= 4 is 11.8 Å². The minimum Gasteiger partial charge on any atom is -0.348 e. The van der Waals surface area contributed by atoms with Gasteiger partial charge in [0.05, 0.1) is 6.04 Å². The van der Waals surface area contributed by atoms with Crippen molar-refractivity contribution in [1.29, 1.82) is 0 Å². The number of amides is 2. The van der Waals surface area contributed by atoms with Gasteiger partial charge in [-0.05, 0) is 41.8 Å². The molecule has 5 nitrogen and oxygen atoms in total. The zero-order chi connectivity index (χ0) is 20.5. The van der Waals surface area contributed by atoms with E-state index in [1.165, 1.54) is 0 Å². The average molecular weight is 399 g/mol. The molecule has 0 bridgehead atoms. The number of hydrogen-bond acceptors (Lipinski definition) is 2. The van der Waals surface area contributed by atoms with Gasteiger partial charge in [0, 0.05) is 50.1 Å².